The van der Waals surface area contributed by atoms with Crippen LogP contribution in [-0.4, -0.2) is 40.7 Å². The number of amides is 3. The molecule has 1 N–H and O–H groups in total. The zero-order valence-electron chi connectivity index (χ0n) is 16.6. The van der Waals surface area contributed by atoms with Crippen molar-refractivity contribution in [3.63, 3.8) is 0 Å². The standard InChI is InChI=1S/C23H26N2O3S/c1-29-14-13-20(25-22(27)17-10-4-5-11-18(17)23(25)28)21(26)24-19-12-6-8-15-7-2-3-9-16(15)19/h2-3,6-9,12,17-18,20H,4-5,10-11,13-14H2,1H3,(H,24,26). The molecule has 0 radical (unpaired) electrons. The summed E-state index contributed by atoms with van der Waals surface area (Å²) < 4.78 is 0. The van der Waals surface area contributed by atoms with Gasteiger partial charge >= 0.3 is 0 Å². The third-order valence-corrected chi connectivity index (χ3v) is 6.78. The van der Waals surface area contributed by atoms with Crippen molar-refractivity contribution in [1.82, 2.24) is 4.90 Å². The van der Waals surface area contributed by atoms with Crippen LogP contribution in [0.1, 0.15) is 32.1 Å². The average Bonchev–Trinajstić information content (AvgIpc) is 3.00. The number of thioether (sulfide) groups is 1. The van der Waals surface area contributed by atoms with E-state index >= 15 is 0 Å². The van der Waals surface area contributed by atoms with E-state index < -0.39 is 6.04 Å². The Balaban J connectivity index is 1.61. The minimum atomic E-state index is -0.757. The van der Waals surface area contributed by atoms with Gasteiger partial charge in [-0.1, -0.05) is 49.2 Å². The Labute approximate surface area is 175 Å². The van der Waals surface area contributed by atoms with E-state index in [0.29, 0.717) is 17.9 Å². The fourth-order valence-corrected chi connectivity index (χ4v) is 5.11. The first-order valence-electron chi connectivity index (χ1n) is 10.3. The number of carbonyl (C=O) groups excluding carboxylic acids is 3. The molecule has 3 atom stereocenters. The van der Waals surface area contributed by atoms with Crippen LogP contribution in [0.15, 0.2) is 42.5 Å². The lowest BCUT2D eigenvalue weighted by atomic mass is 9.81. The van der Waals surface area contributed by atoms with E-state index in [2.05, 4.69) is 5.32 Å². The predicted octanol–water partition coefficient (Wildman–Crippen LogP) is 4.08. The molecule has 1 saturated heterocycles. The molecule has 5 nitrogen and oxygen atoms in total. The van der Waals surface area contributed by atoms with Crippen LogP contribution in [0.4, 0.5) is 5.69 Å². The smallest absolute Gasteiger partial charge is 0.247 e. The Morgan fingerprint density at radius 3 is 2.41 bits per heavy atom. The summed E-state index contributed by atoms with van der Waals surface area (Å²) in [4.78, 5) is 40.7. The van der Waals surface area contributed by atoms with Gasteiger partial charge in [0.05, 0.1) is 11.8 Å². The van der Waals surface area contributed by atoms with E-state index in [9.17, 15) is 14.4 Å². The summed E-state index contributed by atoms with van der Waals surface area (Å²) in [5.41, 5.74) is 0.707. The molecule has 152 valence electrons. The molecule has 1 aliphatic heterocycles. The number of nitrogens with one attached hydrogen (secondary N) is 1. The second-order valence-corrected chi connectivity index (χ2v) is 8.84. The predicted molar refractivity (Wildman–Crippen MR) is 117 cm³/mol. The summed E-state index contributed by atoms with van der Waals surface area (Å²) in [5, 5.41) is 4.98. The van der Waals surface area contributed by atoms with Gasteiger partial charge in [0.1, 0.15) is 6.04 Å². The third-order valence-electron chi connectivity index (χ3n) is 6.13. The van der Waals surface area contributed by atoms with Crippen molar-refractivity contribution in [3.8, 4) is 0 Å². The number of hydrogen-bond acceptors (Lipinski definition) is 4. The number of benzene rings is 2. The number of nitrogens with zero attached hydrogens (tertiary/aromatic N) is 1. The van der Waals surface area contributed by atoms with Crippen molar-refractivity contribution in [2.75, 3.05) is 17.3 Å². The van der Waals surface area contributed by atoms with Crippen LogP contribution in [0.25, 0.3) is 10.8 Å². The molecular formula is C23H26N2O3S. The molecular weight excluding hydrogens is 384 g/mol. The van der Waals surface area contributed by atoms with Crippen LogP contribution >= 0.6 is 11.8 Å². The second kappa shape index (κ2) is 8.57. The molecule has 0 spiro atoms. The van der Waals surface area contributed by atoms with Crippen LogP contribution in [0.2, 0.25) is 0 Å². The molecule has 29 heavy (non-hydrogen) atoms. The van der Waals surface area contributed by atoms with Gasteiger partial charge in [-0.3, -0.25) is 19.3 Å². The van der Waals surface area contributed by atoms with Crippen molar-refractivity contribution < 1.29 is 14.4 Å². The zero-order valence-corrected chi connectivity index (χ0v) is 17.4. The molecule has 1 aliphatic carbocycles. The zero-order chi connectivity index (χ0) is 20.4. The number of imide groups is 1. The highest BCUT2D eigenvalue weighted by Crippen LogP contribution is 2.39. The Hall–Kier alpha value is -2.34. The molecule has 6 heteroatoms. The Bertz CT molecular complexity index is 915. The van der Waals surface area contributed by atoms with E-state index in [1.54, 1.807) is 11.8 Å². The van der Waals surface area contributed by atoms with Gasteiger partial charge in [-0.15, -0.1) is 0 Å². The highest BCUT2D eigenvalue weighted by atomic mass is 32.2. The van der Waals surface area contributed by atoms with Crippen molar-refractivity contribution in [2.45, 2.75) is 38.1 Å². The molecule has 2 aromatic carbocycles. The third kappa shape index (κ3) is 3.78. The van der Waals surface area contributed by atoms with Crippen LogP contribution in [-0.2, 0) is 14.4 Å². The lowest BCUT2D eigenvalue weighted by molar-refractivity contribution is -0.146. The summed E-state index contributed by atoms with van der Waals surface area (Å²) in [6, 6.07) is 12.8. The molecule has 3 amide bonds. The summed E-state index contributed by atoms with van der Waals surface area (Å²) in [6.45, 7) is 0. The lowest BCUT2D eigenvalue weighted by Gasteiger charge is -2.26. The summed E-state index contributed by atoms with van der Waals surface area (Å²) >= 11 is 1.61. The number of carbonyl (C=O) groups is 3. The fourth-order valence-electron chi connectivity index (χ4n) is 4.65. The van der Waals surface area contributed by atoms with Crippen molar-refractivity contribution in [3.05, 3.63) is 42.5 Å². The molecule has 1 heterocycles. The van der Waals surface area contributed by atoms with Gasteiger partial charge in [0.15, 0.2) is 0 Å². The monoisotopic (exact) mass is 410 g/mol. The first kappa shape index (κ1) is 20.0. The SMILES string of the molecule is CSCCC(C(=O)Nc1cccc2ccccc12)N1C(=O)C2CCCCC2C1=O. The van der Waals surface area contributed by atoms with Gasteiger partial charge in [-0.25, -0.2) is 0 Å². The van der Waals surface area contributed by atoms with E-state index in [1.807, 2.05) is 48.7 Å². The first-order valence-corrected chi connectivity index (χ1v) is 11.7. The van der Waals surface area contributed by atoms with Crippen LogP contribution in [0, 0.1) is 11.8 Å². The summed E-state index contributed by atoms with van der Waals surface area (Å²) in [7, 11) is 0. The Morgan fingerprint density at radius 2 is 1.72 bits per heavy atom. The van der Waals surface area contributed by atoms with Crippen LogP contribution < -0.4 is 5.32 Å². The van der Waals surface area contributed by atoms with Crippen molar-refractivity contribution >= 4 is 45.9 Å². The molecule has 3 unspecified atom stereocenters. The van der Waals surface area contributed by atoms with E-state index in [0.717, 1.165) is 36.5 Å². The number of rotatable bonds is 6. The first-order chi connectivity index (χ1) is 14.1. The van der Waals surface area contributed by atoms with Crippen molar-refractivity contribution in [1.29, 1.82) is 0 Å². The van der Waals surface area contributed by atoms with Gasteiger partial charge in [-0.05, 0) is 42.7 Å². The quantitative estimate of drug-likeness (QED) is 0.729. The second-order valence-electron chi connectivity index (χ2n) is 7.86. The van der Waals surface area contributed by atoms with Gasteiger partial charge in [0, 0.05) is 11.1 Å². The largest absolute Gasteiger partial charge is 0.324 e. The molecule has 0 aromatic heterocycles. The highest BCUT2D eigenvalue weighted by Gasteiger charge is 2.51. The number of fused-ring (bicyclic) bond motifs is 2. The van der Waals surface area contributed by atoms with Gasteiger partial charge in [0.2, 0.25) is 17.7 Å². The van der Waals surface area contributed by atoms with Crippen LogP contribution in [0.3, 0.4) is 0 Å². The number of likely N-dealkylation sites (tertiary alicyclic amines) is 1. The minimum absolute atomic E-state index is 0.154. The van der Waals surface area contributed by atoms with E-state index in [1.165, 1.54) is 4.90 Å². The van der Waals surface area contributed by atoms with Crippen molar-refractivity contribution in [2.24, 2.45) is 11.8 Å². The van der Waals surface area contributed by atoms with Gasteiger partial charge in [-0.2, -0.15) is 11.8 Å². The maximum absolute atomic E-state index is 13.3. The van der Waals surface area contributed by atoms with Crippen LogP contribution in [0.5, 0.6) is 0 Å². The molecule has 2 fully saturated rings. The minimum Gasteiger partial charge on any atom is -0.324 e. The molecule has 2 aromatic rings. The Kier molecular flexibility index (Phi) is 5.90. The Morgan fingerprint density at radius 1 is 1.07 bits per heavy atom. The summed E-state index contributed by atoms with van der Waals surface area (Å²) in [6.07, 6.45) is 5.90. The molecule has 2 aliphatic rings. The molecule has 1 saturated carbocycles. The topological polar surface area (TPSA) is 66.5 Å². The average molecular weight is 411 g/mol. The van der Waals surface area contributed by atoms with E-state index in [4.69, 9.17) is 0 Å². The lowest BCUT2D eigenvalue weighted by Crippen LogP contribution is -2.48. The van der Waals surface area contributed by atoms with E-state index in [-0.39, 0.29) is 29.6 Å². The fraction of sp³-hybridized carbons (Fsp3) is 0.435. The summed E-state index contributed by atoms with van der Waals surface area (Å²) in [5.74, 6) is -0.356. The maximum Gasteiger partial charge on any atom is 0.247 e. The highest BCUT2D eigenvalue weighted by molar-refractivity contribution is 7.98. The maximum atomic E-state index is 13.3. The molecule has 0 bridgehead atoms. The van der Waals surface area contributed by atoms with Gasteiger partial charge in [0.25, 0.3) is 0 Å². The number of hydrogen-bond donors (Lipinski definition) is 1. The molecule has 4 rings (SSSR count). The normalized spacial score (nSPS) is 22.6. The van der Waals surface area contributed by atoms with Gasteiger partial charge < -0.3 is 5.32 Å². The number of anilines is 1.